The van der Waals surface area contributed by atoms with Gasteiger partial charge in [-0.1, -0.05) is 18.2 Å². The number of aliphatic carboxylic acids is 1. The van der Waals surface area contributed by atoms with Crippen LogP contribution in [0.4, 0.5) is 5.69 Å². The Hall–Kier alpha value is -2.20. The van der Waals surface area contributed by atoms with Crippen molar-refractivity contribution < 1.29 is 14.7 Å². The summed E-state index contributed by atoms with van der Waals surface area (Å²) in [6, 6.07) is 11.9. The fourth-order valence-electron chi connectivity index (χ4n) is 4.22. The van der Waals surface area contributed by atoms with Gasteiger partial charge in [0.1, 0.15) is 10.8 Å². The highest BCUT2D eigenvalue weighted by Gasteiger charge is 2.80. The fourth-order valence-corrected chi connectivity index (χ4v) is 6.47. The summed E-state index contributed by atoms with van der Waals surface area (Å²) in [6.45, 7) is 2.97. The van der Waals surface area contributed by atoms with Gasteiger partial charge in [0.15, 0.2) is 0 Å². The van der Waals surface area contributed by atoms with E-state index in [4.69, 9.17) is 0 Å². The van der Waals surface area contributed by atoms with Crippen LogP contribution in [0.25, 0.3) is 0 Å². The zero-order valence-electron chi connectivity index (χ0n) is 13.8. The molecule has 1 aliphatic heterocycles. The van der Waals surface area contributed by atoms with Gasteiger partial charge in [0.25, 0.3) is 0 Å². The van der Waals surface area contributed by atoms with Crippen LogP contribution in [0.15, 0.2) is 30.3 Å². The molecular weight excluding hydrogens is 338 g/mol. The summed E-state index contributed by atoms with van der Waals surface area (Å²) < 4.78 is 0. The van der Waals surface area contributed by atoms with Crippen LogP contribution in [-0.4, -0.2) is 45.1 Å². The van der Waals surface area contributed by atoms with Crippen LogP contribution in [0.2, 0.25) is 0 Å². The number of rotatable bonds is 5. The van der Waals surface area contributed by atoms with Crippen LogP contribution in [0.3, 0.4) is 0 Å². The molecule has 2 N–H and O–H groups in total. The maximum Gasteiger partial charge on any atom is 0.311 e. The van der Waals surface area contributed by atoms with Crippen molar-refractivity contribution in [1.82, 2.24) is 4.90 Å². The van der Waals surface area contributed by atoms with Crippen LogP contribution in [-0.2, 0) is 9.59 Å². The highest BCUT2D eigenvalue weighted by molar-refractivity contribution is 8.02. The minimum absolute atomic E-state index is 0.00936. The Morgan fingerprint density at radius 1 is 1.44 bits per heavy atom. The maximum absolute atomic E-state index is 12.9. The normalized spacial score (nSPS) is 38.0. The molecule has 1 aromatic carbocycles. The molecule has 1 aromatic rings. The lowest BCUT2D eigenvalue weighted by molar-refractivity contribution is -0.140. The second-order valence-electron chi connectivity index (χ2n) is 6.78. The number of amides is 1. The van der Waals surface area contributed by atoms with Gasteiger partial charge in [-0.3, -0.25) is 9.59 Å². The van der Waals surface area contributed by atoms with E-state index < -0.39 is 22.7 Å². The lowest BCUT2D eigenvalue weighted by Gasteiger charge is -2.35. The smallest absolute Gasteiger partial charge is 0.311 e. The molecule has 5 unspecified atom stereocenters. The summed E-state index contributed by atoms with van der Waals surface area (Å²) in [5, 5.41) is 22.3. The molecule has 1 heterocycles. The lowest BCUT2D eigenvalue weighted by atomic mass is 10.2. The van der Waals surface area contributed by atoms with E-state index >= 15 is 0 Å². The van der Waals surface area contributed by atoms with Crippen molar-refractivity contribution in [3.8, 4) is 6.07 Å². The SMILES string of the molecule is CCN1C(=O)C2C(CNc3ccccc3)C2SC12C(C#N)[C@@H]2C(=O)O. The van der Waals surface area contributed by atoms with Gasteiger partial charge in [0.05, 0.1) is 17.9 Å². The zero-order valence-corrected chi connectivity index (χ0v) is 14.6. The van der Waals surface area contributed by atoms with Crippen molar-refractivity contribution in [2.75, 3.05) is 18.4 Å². The van der Waals surface area contributed by atoms with Gasteiger partial charge < -0.3 is 15.3 Å². The molecule has 6 atom stereocenters. The number of hydrogen-bond acceptors (Lipinski definition) is 5. The van der Waals surface area contributed by atoms with Crippen LogP contribution in [0.5, 0.6) is 0 Å². The van der Waals surface area contributed by atoms with E-state index in [1.807, 2.05) is 37.3 Å². The summed E-state index contributed by atoms with van der Waals surface area (Å²) in [5.74, 6) is -2.26. The number of nitriles is 1. The molecule has 7 heteroatoms. The molecule has 4 rings (SSSR count). The number of carboxylic acids is 1. The molecule has 3 aliphatic rings. The van der Waals surface area contributed by atoms with E-state index in [-0.39, 0.29) is 23.0 Å². The summed E-state index contributed by atoms with van der Waals surface area (Å²) in [5.41, 5.74) is 1.01. The molecule has 0 bridgehead atoms. The van der Waals surface area contributed by atoms with Crippen molar-refractivity contribution in [1.29, 1.82) is 5.26 Å². The van der Waals surface area contributed by atoms with Gasteiger partial charge in [-0.05, 0) is 19.1 Å². The lowest BCUT2D eigenvalue weighted by Crippen LogP contribution is -2.47. The van der Waals surface area contributed by atoms with Crippen molar-refractivity contribution in [2.45, 2.75) is 17.0 Å². The van der Waals surface area contributed by atoms with E-state index in [1.54, 1.807) is 4.90 Å². The van der Waals surface area contributed by atoms with Crippen molar-refractivity contribution in [3.63, 3.8) is 0 Å². The quantitative estimate of drug-likeness (QED) is 0.835. The Bertz CT molecular complexity index is 765. The van der Waals surface area contributed by atoms with E-state index in [9.17, 15) is 20.0 Å². The molecule has 130 valence electrons. The number of fused-ring (bicyclic) bond motifs is 1. The number of benzene rings is 1. The minimum atomic E-state index is -0.983. The molecular formula is C18H19N3O3S. The Kier molecular flexibility index (Phi) is 3.69. The minimum Gasteiger partial charge on any atom is -0.481 e. The molecule has 0 aromatic heterocycles. The van der Waals surface area contributed by atoms with Crippen LogP contribution < -0.4 is 5.32 Å². The van der Waals surface area contributed by atoms with Crippen molar-refractivity contribution in [2.24, 2.45) is 23.7 Å². The Morgan fingerprint density at radius 3 is 2.72 bits per heavy atom. The summed E-state index contributed by atoms with van der Waals surface area (Å²) in [7, 11) is 0. The standard InChI is InChI=1S/C18H19N3O3S/c1-2-21-16(22)13-11(9-20-10-6-4-3-5-7-10)15(13)25-18(21)12(8-19)14(18)17(23)24/h3-7,11-15,20H,2,9H2,1H3,(H,23,24)/t11?,12?,13?,14-,15?,18?/m1/s1. The fraction of sp³-hybridized carbons (Fsp3) is 0.500. The van der Waals surface area contributed by atoms with Gasteiger partial charge in [-0.25, -0.2) is 0 Å². The van der Waals surface area contributed by atoms with Crippen LogP contribution >= 0.6 is 11.8 Å². The molecule has 25 heavy (non-hydrogen) atoms. The number of carbonyl (C=O) groups excluding carboxylic acids is 1. The summed E-state index contributed by atoms with van der Waals surface area (Å²) >= 11 is 1.54. The summed E-state index contributed by atoms with van der Waals surface area (Å²) in [6.07, 6.45) is 0. The first-order valence-electron chi connectivity index (χ1n) is 8.47. The summed E-state index contributed by atoms with van der Waals surface area (Å²) in [4.78, 5) is 25.2. The van der Waals surface area contributed by atoms with Gasteiger partial charge in [0.2, 0.25) is 5.91 Å². The zero-order chi connectivity index (χ0) is 17.8. The maximum atomic E-state index is 12.9. The van der Waals surface area contributed by atoms with Gasteiger partial charge in [-0.15, -0.1) is 11.8 Å². The molecule has 1 spiro atoms. The highest BCUT2D eigenvalue weighted by Crippen LogP contribution is 2.71. The highest BCUT2D eigenvalue weighted by atomic mass is 32.2. The van der Waals surface area contributed by atoms with Crippen molar-refractivity contribution in [3.05, 3.63) is 30.3 Å². The second kappa shape index (κ2) is 5.67. The third-order valence-corrected chi connectivity index (χ3v) is 7.57. The molecule has 1 amide bonds. The number of nitrogens with zero attached hydrogens (tertiary/aromatic N) is 2. The van der Waals surface area contributed by atoms with E-state index in [2.05, 4.69) is 11.4 Å². The third-order valence-electron chi connectivity index (χ3n) is 5.55. The Labute approximate surface area is 150 Å². The molecule has 3 fully saturated rings. The number of carbonyl (C=O) groups is 2. The number of thioether (sulfide) groups is 1. The Morgan fingerprint density at radius 2 is 2.16 bits per heavy atom. The number of anilines is 1. The predicted molar refractivity (Wildman–Crippen MR) is 93.6 cm³/mol. The van der Waals surface area contributed by atoms with E-state index in [0.29, 0.717) is 13.1 Å². The number of nitrogens with one attached hydrogen (secondary N) is 1. The topological polar surface area (TPSA) is 93.4 Å². The van der Waals surface area contributed by atoms with Gasteiger partial charge in [0, 0.05) is 29.9 Å². The molecule has 2 aliphatic carbocycles. The average Bonchev–Trinajstić information content (AvgIpc) is 3.48. The van der Waals surface area contributed by atoms with Crippen LogP contribution in [0, 0.1) is 35.0 Å². The van der Waals surface area contributed by atoms with Crippen molar-refractivity contribution >= 4 is 29.3 Å². The average molecular weight is 357 g/mol. The van der Waals surface area contributed by atoms with Gasteiger partial charge in [-0.2, -0.15) is 5.26 Å². The largest absolute Gasteiger partial charge is 0.481 e. The third kappa shape index (κ3) is 2.24. The first-order chi connectivity index (χ1) is 12.1. The molecule has 2 saturated carbocycles. The first-order valence-corrected chi connectivity index (χ1v) is 9.34. The molecule has 0 radical (unpaired) electrons. The van der Waals surface area contributed by atoms with E-state index in [1.165, 1.54) is 11.8 Å². The second-order valence-corrected chi connectivity index (χ2v) is 8.21. The molecule has 1 saturated heterocycles. The van der Waals surface area contributed by atoms with E-state index in [0.717, 1.165) is 5.69 Å². The number of hydrogen-bond donors (Lipinski definition) is 2. The Balaban J connectivity index is 1.52. The molecule has 6 nitrogen and oxygen atoms in total. The number of para-hydroxylation sites is 1. The first kappa shape index (κ1) is 16.3. The monoisotopic (exact) mass is 357 g/mol. The number of carboxylic acid groups (broad SMARTS) is 1. The van der Waals surface area contributed by atoms with Gasteiger partial charge >= 0.3 is 5.97 Å². The van der Waals surface area contributed by atoms with Crippen LogP contribution in [0.1, 0.15) is 6.92 Å². The predicted octanol–water partition coefficient (Wildman–Crippen LogP) is 1.86.